The number of anilines is 1. The van der Waals surface area contributed by atoms with Crippen LogP contribution in [-0.2, 0) is 16.1 Å². The summed E-state index contributed by atoms with van der Waals surface area (Å²) in [4.78, 5) is 37.8. The molecule has 9 heteroatoms. The second kappa shape index (κ2) is 6.34. The van der Waals surface area contributed by atoms with Gasteiger partial charge in [0, 0.05) is 6.61 Å². The summed E-state index contributed by atoms with van der Waals surface area (Å²) in [5, 5.41) is 11.3. The van der Waals surface area contributed by atoms with Crippen molar-refractivity contribution in [2.75, 3.05) is 11.9 Å². The van der Waals surface area contributed by atoms with Crippen LogP contribution in [0.5, 0.6) is 0 Å². The van der Waals surface area contributed by atoms with Gasteiger partial charge in [-0.1, -0.05) is 23.5 Å². The average Bonchev–Trinajstić information content (AvgIpc) is 3.34. The van der Waals surface area contributed by atoms with Gasteiger partial charge in [-0.3, -0.25) is 24.6 Å². The number of benzene rings is 1. The first-order chi connectivity index (χ1) is 12.1. The first-order valence-corrected chi connectivity index (χ1v) is 8.65. The summed E-state index contributed by atoms with van der Waals surface area (Å²) < 4.78 is 5.31. The normalized spacial score (nSPS) is 19.4. The summed E-state index contributed by atoms with van der Waals surface area (Å²) in [5.74, 6) is -0.942. The molecule has 0 saturated carbocycles. The summed E-state index contributed by atoms with van der Waals surface area (Å²) in [6, 6.07) is 6.69. The fraction of sp³-hybridized carbons (Fsp3) is 0.312. The minimum absolute atomic E-state index is 0.0276. The van der Waals surface area contributed by atoms with Crippen molar-refractivity contribution in [3.05, 3.63) is 40.4 Å². The van der Waals surface area contributed by atoms with Crippen molar-refractivity contribution in [1.29, 1.82) is 0 Å². The molecular formula is C16H14N4O4S. The van der Waals surface area contributed by atoms with Crippen molar-refractivity contribution in [1.82, 2.24) is 15.1 Å². The Hall–Kier alpha value is -2.65. The Bertz CT molecular complexity index is 824. The van der Waals surface area contributed by atoms with Gasteiger partial charge in [0.2, 0.25) is 5.13 Å². The number of fused-ring (bicyclic) bond motifs is 1. The van der Waals surface area contributed by atoms with Crippen molar-refractivity contribution in [3.8, 4) is 0 Å². The first-order valence-electron chi connectivity index (χ1n) is 7.83. The number of nitrogens with one attached hydrogen (secondary N) is 1. The van der Waals surface area contributed by atoms with Crippen molar-refractivity contribution >= 4 is 34.2 Å². The lowest BCUT2D eigenvalue weighted by Crippen LogP contribution is -2.29. The van der Waals surface area contributed by atoms with Crippen LogP contribution < -0.4 is 5.32 Å². The van der Waals surface area contributed by atoms with Crippen LogP contribution in [0.2, 0.25) is 0 Å². The molecule has 0 radical (unpaired) electrons. The molecule has 25 heavy (non-hydrogen) atoms. The lowest BCUT2D eigenvalue weighted by Gasteiger charge is -2.10. The third-order valence-electron chi connectivity index (χ3n) is 4.09. The molecule has 1 aromatic heterocycles. The van der Waals surface area contributed by atoms with Crippen LogP contribution in [-0.4, -0.2) is 45.5 Å². The Labute approximate surface area is 146 Å². The molecule has 2 aliphatic rings. The van der Waals surface area contributed by atoms with Gasteiger partial charge in [-0.2, -0.15) is 0 Å². The molecule has 4 rings (SSSR count). The number of amides is 3. The highest BCUT2D eigenvalue weighted by molar-refractivity contribution is 7.15. The Morgan fingerprint density at radius 2 is 1.96 bits per heavy atom. The molecule has 1 saturated heterocycles. The van der Waals surface area contributed by atoms with E-state index in [2.05, 4.69) is 15.5 Å². The minimum Gasteiger partial charge on any atom is -0.368 e. The second-order valence-electron chi connectivity index (χ2n) is 5.73. The van der Waals surface area contributed by atoms with Gasteiger partial charge in [0.1, 0.15) is 11.1 Å². The molecule has 2 aliphatic heterocycles. The van der Waals surface area contributed by atoms with Gasteiger partial charge >= 0.3 is 0 Å². The number of nitrogens with zero attached hydrogens (tertiary/aromatic N) is 3. The average molecular weight is 358 g/mol. The lowest BCUT2D eigenvalue weighted by molar-refractivity contribution is -0.124. The third kappa shape index (κ3) is 2.92. The van der Waals surface area contributed by atoms with E-state index in [4.69, 9.17) is 4.74 Å². The number of carbonyl (C=O) groups excluding carboxylic acids is 3. The van der Waals surface area contributed by atoms with E-state index in [1.807, 2.05) is 0 Å². The van der Waals surface area contributed by atoms with E-state index >= 15 is 0 Å². The van der Waals surface area contributed by atoms with Crippen LogP contribution in [0.3, 0.4) is 0 Å². The van der Waals surface area contributed by atoms with E-state index in [-0.39, 0.29) is 24.3 Å². The SMILES string of the molecule is O=C(Nc1nnc(CN2C(=O)c3ccccc3C2=O)s1)C1CCCO1. The molecule has 1 atom stereocenters. The zero-order valence-corrected chi connectivity index (χ0v) is 13.9. The Morgan fingerprint density at radius 3 is 2.60 bits per heavy atom. The molecule has 1 aromatic carbocycles. The monoisotopic (exact) mass is 358 g/mol. The molecule has 1 N–H and O–H groups in total. The summed E-state index contributed by atoms with van der Waals surface area (Å²) >= 11 is 1.13. The highest BCUT2D eigenvalue weighted by atomic mass is 32.1. The predicted octanol–water partition coefficient (Wildman–Crippen LogP) is 1.45. The highest BCUT2D eigenvalue weighted by Crippen LogP contribution is 2.26. The quantitative estimate of drug-likeness (QED) is 0.830. The van der Waals surface area contributed by atoms with Crippen LogP contribution in [0, 0.1) is 0 Å². The van der Waals surface area contributed by atoms with Crippen LogP contribution >= 0.6 is 11.3 Å². The van der Waals surface area contributed by atoms with Gasteiger partial charge in [-0.25, -0.2) is 0 Å². The van der Waals surface area contributed by atoms with Crippen LogP contribution in [0.25, 0.3) is 0 Å². The predicted molar refractivity (Wildman–Crippen MR) is 88.2 cm³/mol. The van der Waals surface area contributed by atoms with E-state index < -0.39 is 6.10 Å². The first kappa shape index (κ1) is 15.9. The fourth-order valence-electron chi connectivity index (χ4n) is 2.86. The zero-order valence-electron chi connectivity index (χ0n) is 13.1. The standard InChI is InChI=1S/C16H14N4O4S/c21-13(11-6-3-7-24-11)17-16-19-18-12(25-16)8-20-14(22)9-4-1-2-5-10(9)15(20)23/h1-2,4-5,11H,3,6-8H2,(H,17,19,21). The van der Waals surface area contributed by atoms with Crippen molar-refractivity contribution in [3.63, 3.8) is 0 Å². The van der Waals surface area contributed by atoms with E-state index in [0.717, 1.165) is 22.7 Å². The van der Waals surface area contributed by atoms with Crippen molar-refractivity contribution in [2.24, 2.45) is 0 Å². The molecule has 0 bridgehead atoms. The maximum atomic E-state index is 12.3. The molecule has 8 nitrogen and oxygen atoms in total. The lowest BCUT2D eigenvalue weighted by atomic mass is 10.1. The van der Waals surface area contributed by atoms with E-state index in [1.165, 1.54) is 0 Å². The van der Waals surface area contributed by atoms with Gasteiger partial charge in [0.05, 0.1) is 17.7 Å². The molecule has 0 spiro atoms. The van der Waals surface area contributed by atoms with Crippen LogP contribution in [0.15, 0.2) is 24.3 Å². The smallest absolute Gasteiger partial charge is 0.261 e. The van der Waals surface area contributed by atoms with Gasteiger partial charge in [0.25, 0.3) is 17.7 Å². The molecule has 1 unspecified atom stereocenters. The maximum Gasteiger partial charge on any atom is 0.261 e. The fourth-order valence-corrected chi connectivity index (χ4v) is 3.59. The Kier molecular flexibility index (Phi) is 4.02. The summed E-state index contributed by atoms with van der Waals surface area (Å²) in [6.07, 6.45) is 1.09. The third-order valence-corrected chi connectivity index (χ3v) is 4.91. The van der Waals surface area contributed by atoms with Crippen LogP contribution in [0.4, 0.5) is 5.13 Å². The van der Waals surface area contributed by atoms with Crippen molar-refractivity contribution in [2.45, 2.75) is 25.5 Å². The van der Waals surface area contributed by atoms with Gasteiger partial charge in [0.15, 0.2) is 0 Å². The Balaban J connectivity index is 1.44. The number of imide groups is 1. The summed E-state index contributed by atoms with van der Waals surface area (Å²) in [7, 11) is 0. The van der Waals surface area contributed by atoms with Crippen LogP contribution in [0.1, 0.15) is 38.6 Å². The van der Waals surface area contributed by atoms with Crippen molar-refractivity contribution < 1.29 is 19.1 Å². The van der Waals surface area contributed by atoms with Gasteiger partial charge in [-0.15, -0.1) is 10.2 Å². The van der Waals surface area contributed by atoms with Gasteiger partial charge in [-0.05, 0) is 25.0 Å². The minimum atomic E-state index is -0.455. The van der Waals surface area contributed by atoms with E-state index in [9.17, 15) is 14.4 Å². The zero-order chi connectivity index (χ0) is 17.4. The molecular weight excluding hydrogens is 344 g/mol. The molecule has 3 heterocycles. The molecule has 2 aromatic rings. The summed E-state index contributed by atoms with van der Waals surface area (Å²) in [6.45, 7) is 0.610. The van der Waals surface area contributed by atoms with Gasteiger partial charge < -0.3 is 4.74 Å². The summed E-state index contributed by atoms with van der Waals surface area (Å²) in [5.41, 5.74) is 0.785. The number of carbonyl (C=O) groups is 3. The highest BCUT2D eigenvalue weighted by Gasteiger charge is 2.35. The molecule has 3 amide bonds. The molecule has 1 fully saturated rings. The second-order valence-corrected chi connectivity index (χ2v) is 6.80. The number of ether oxygens (including phenoxy) is 1. The number of hydrogen-bond donors (Lipinski definition) is 1. The largest absolute Gasteiger partial charge is 0.368 e. The Morgan fingerprint density at radius 1 is 1.24 bits per heavy atom. The maximum absolute atomic E-state index is 12.3. The number of aromatic nitrogens is 2. The van der Waals surface area contributed by atoms with E-state index in [0.29, 0.717) is 34.3 Å². The molecule has 0 aliphatic carbocycles. The number of hydrogen-bond acceptors (Lipinski definition) is 7. The molecule has 128 valence electrons. The number of rotatable bonds is 4. The topological polar surface area (TPSA) is 101 Å². The van der Waals surface area contributed by atoms with E-state index in [1.54, 1.807) is 24.3 Å².